The van der Waals surface area contributed by atoms with Crippen LogP contribution in [0.3, 0.4) is 0 Å². The van der Waals surface area contributed by atoms with Crippen LogP contribution in [0.15, 0.2) is 49.1 Å². The fraction of sp³-hybridized carbons (Fsp3) is 0.286. The fourth-order valence-electron chi connectivity index (χ4n) is 2.86. The highest BCUT2D eigenvalue weighted by Gasteiger charge is 2.19. The summed E-state index contributed by atoms with van der Waals surface area (Å²) in [6.45, 7) is 4.20. The highest BCUT2D eigenvalue weighted by molar-refractivity contribution is 5.95. The topological polar surface area (TPSA) is 48.0 Å². The molecule has 0 aliphatic rings. The van der Waals surface area contributed by atoms with Gasteiger partial charge < -0.3 is 19.1 Å². The van der Waals surface area contributed by atoms with E-state index >= 15 is 0 Å². The maximum Gasteiger partial charge on any atom is 0.254 e. The summed E-state index contributed by atoms with van der Waals surface area (Å²) < 4.78 is 16.2. The van der Waals surface area contributed by atoms with E-state index in [-0.39, 0.29) is 5.91 Å². The standard InChI is InChI=1S/C21H25NO4/c1-6-9-15-12-17(13-19(25-4)20(15)26-5)21(23)22(2)14-16-10-7-8-11-18(16)24-3/h6-8,10-13H,1,9,14H2,2-5H3. The van der Waals surface area contributed by atoms with Gasteiger partial charge in [-0.3, -0.25) is 4.79 Å². The summed E-state index contributed by atoms with van der Waals surface area (Å²) in [7, 11) is 6.53. The molecule has 0 unspecified atom stereocenters. The van der Waals surface area contributed by atoms with Gasteiger partial charge in [0.1, 0.15) is 5.75 Å². The van der Waals surface area contributed by atoms with Crippen molar-refractivity contribution >= 4 is 5.91 Å². The number of carbonyl (C=O) groups is 1. The maximum absolute atomic E-state index is 12.9. The third-order valence-corrected chi connectivity index (χ3v) is 4.11. The van der Waals surface area contributed by atoms with E-state index in [0.29, 0.717) is 30.0 Å². The number of carbonyl (C=O) groups excluding carboxylic acids is 1. The zero-order valence-electron chi connectivity index (χ0n) is 15.7. The smallest absolute Gasteiger partial charge is 0.254 e. The molecule has 5 heteroatoms. The number of ether oxygens (including phenoxy) is 3. The molecule has 0 bridgehead atoms. The number of hydrogen-bond acceptors (Lipinski definition) is 4. The molecule has 0 aliphatic carbocycles. The Morgan fingerprint density at radius 1 is 1.04 bits per heavy atom. The number of nitrogens with zero attached hydrogens (tertiary/aromatic N) is 1. The number of benzene rings is 2. The van der Waals surface area contributed by atoms with Crippen molar-refractivity contribution in [2.75, 3.05) is 28.4 Å². The fourth-order valence-corrected chi connectivity index (χ4v) is 2.86. The molecule has 0 atom stereocenters. The van der Waals surface area contributed by atoms with Crippen LogP contribution in [0, 0.1) is 0 Å². The van der Waals surface area contributed by atoms with E-state index in [4.69, 9.17) is 14.2 Å². The summed E-state index contributed by atoms with van der Waals surface area (Å²) in [6, 6.07) is 11.2. The van der Waals surface area contributed by atoms with Crippen LogP contribution in [0.1, 0.15) is 21.5 Å². The molecule has 0 saturated carbocycles. The molecule has 0 fully saturated rings. The Morgan fingerprint density at radius 2 is 1.73 bits per heavy atom. The Hall–Kier alpha value is -2.95. The van der Waals surface area contributed by atoms with Gasteiger partial charge in [0, 0.05) is 30.3 Å². The molecule has 5 nitrogen and oxygen atoms in total. The molecule has 0 saturated heterocycles. The van der Waals surface area contributed by atoms with Crippen LogP contribution in [-0.4, -0.2) is 39.2 Å². The number of amides is 1. The largest absolute Gasteiger partial charge is 0.496 e. The molecule has 26 heavy (non-hydrogen) atoms. The third kappa shape index (κ3) is 4.17. The predicted octanol–water partition coefficient (Wildman–Crippen LogP) is 3.71. The summed E-state index contributed by atoms with van der Waals surface area (Å²) in [5.41, 5.74) is 2.34. The summed E-state index contributed by atoms with van der Waals surface area (Å²) in [5.74, 6) is 1.80. The monoisotopic (exact) mass is 355 g/mol. The zero-order valence-corrected chi connectivity index (χ0v) is 15.7. The van der Waals surface area contributed by atoms with Crippen molar-refractivity contribution in [2.45, 2.75) is 13.0 Å². The van der Waals surface area contributed by atoms with E-state index in [1.807, 2.05) is 30.3 Å². The highest BCUT2D eigenvalue weighted by atomic mass is 16.5. The Kier molecular flexibility index (Phi) is 6.67. The van der Waals surface area contributed by atoms with Gasteiger partial charge in [-0.05, 0) is 24.6 Å². The first-order valence-electron chi connectivity index (χ1n) is 8.28. The van der Waals surface area contributed by atoms with Crippen molar-refractivity contribution < 1.29 is 19.0 Å². The van der Waals surface area contributed by atoms with Gasteiger partial charge in [-0.25, -0.2) is 0 Å². The highest BCUT2D eigenvalue weighted by Crippen LogP contribution is 2.33. The number of methoxy groups -OCH3 is 3. The molecule has 138 valence electrons. The Morgan fingerprint density at radius 3 is 2.35 bits per heavy atom. The molecular weight excluding hydrogens is 330 g/mol. The van der Waals surface area contributed by atoms with E-state index in [9.17, 15) is 4.79 Å². The summed E-state index contributed by atoms with van der Waals surface area (Å²) in [4.78, 5) is 14.6. The lowest BCUT2D eigenvalue weighted by Crippen LogP contribution is -2.26. The summed E-state index contributed by atoms with van der Waals surface area (Å²) in [5, 5.41) is 0. The number of allylic oxidation sites excluding steroid dienone is 1. The van der Waals surface area contributed by atoms with Gasteiger partial charge in [-0.2, -0.15) is 0 Å². The predicted molar refractivity (Wildman–Crippen MR) is 102 cm³/mol. The third-order valence-electron chi connectivity index (χ3n) is 4.11. The minimum atomic E-state index is -0.109. The van der Waals surface area contributed by atoms with Crippen molar-refractivity contribution in [1.29, 1.82) is 0 Å². The average Bonchev–Trinajstić information content (AvgIpc) is 2.67. The van der Waals surface area contributed by atoms with Crippen molar-refractivity contribution in [1.82, 2.24) is 4.90 Å². The van der Waals surface area contributed by atoms with Gasteiger partial charge in [0.15, 0.2) is 11.5 Å². The van der Waals surface area contributed by atoms with Gasteiger partial charge in [0.25, 0.3) is 5.91 Å². The second-order valence-electron chi connectivity index (χ2n) is 5.84. The first-order valence-corrected chi connectivity index (χ1v) is 8.28. The first kappa shape index (κ1) is 19.4. The van der Waals surface area contributed by atoms with Gasteiger partial charge >= 0.3 is 0 Å². The Bertz CT molecular complexity index is 786. The summed E-state index contributed by atoms with van der Waals surface area (Å²) in [6.07, 6.45) is 2.35. The zero-order chi connectivity index (χ0) is 19.1. The molecular formula is C21H25NO4. The molecule has 0 heterocycles. The Balaban J connectivity index is 2.33. The lowest BCUT2D eigenvalue weighted by atomic mass is 10.0. The lowest BCUT2D eigenvalue weighted by molar-refractivity contribution is 0.0783. The minimum absolute atomic E-state index is 0.109. The average molecular weight is 355 g/mol. The second-order valence-corrected chi connectivity index (χ2v) is 5.84. The SMILES string of the molecule is C=CCc1cc(C(=O)N(C)Cc2ccccc2OC)cc(OC)c1OC. The van der Waals surface area contributed by atoms with E-state index in [0.717, 1.165) is 16.9 Å². The second kappa shape index (κ2) is 8.94. The molecule has 0 spiro atoms. The molecule has 2 aromatic rings. The lowest BCUT2D eigenvalue weighted by Gasteiger charge is -2.20. The molecule has 2 rings (SSSR count). The van der Waals surface area contributed by atoms with Crippen molar-refractivity contribution in [3.8, 4) is 17.2 Å². The van der Waals surface area contributed by atoms with Crippen LogP contribution in [0.4, 0.5) is 0 Å². The van der Waals surface area contributed by atoms with Crippen LogP contribution in [0.2, 0.25) is 0 Å². The van der Waals surface area contributed by atoms with Crippen LogP contribution >= 0.6 is 0 Å². The normalized spacial score (nSPS) is 10.2. The molecule has 1 amide bonds. The van der Waals surface area contributed by atoms with E-state index in [1.165, 1.54) is 0 Å². The number of rotatable bonds is 8. The number of para-hydroxylation sites is 1. The van der Waals surface area contributed by atoms with Crippen molar-refractivity contribution in [3.63, 3.8) is 0 Å². The van der Waals surface area contributed by atoms with Gasteiger partial charge in [-0.1, -0.05) is 24.3 Å². The van der Waals surface area contributed by atoms with Gasteiger partial charge in [-0.15, -0.1) is 6.58 Å². The van der Waals surface area contributed by atoms with E-state index in [2.05, 4.69) is 6.58 Å². The quantitative estimate of drug-likeness (QED) is 0.677. The van der Waals surface area contributed by atoms with Crippen LogP contribution in [-0.2, 0) is 13.0 Å². The number of hydrogen-bond donors (Lipinski definition) is 0. The molecule has 0 aromatic heterocycles. The Labute approximate surface area is 154 Å². The molecule has 2 aromatic carbocycles. The molecule has 0 radical (unpaired) electrons. The molecule has 0 N–H and O–H groups in total. The van der Waals surface area contributed by atoms with Gasteiger partial charge in [0.05, 0.1) is 21.3 Å². The van der Waals surface area contributed by atoms with Crippen LogP contribution in [0.25, 0.3) is 0 Å². The van der Waals surface area contributed by atoms with Gasteiger partial charge in [0.2, 0.25) is 0 Å². The van der Waals surface area contributed by atoms with E-state index < -0.39 is 0 Å². The molecule has 0 aliphatic heterocycles. The van der Waals surface area contributed by atoms with Crippen molar-refractivity contribution in [2.24, 2.45) is 0 Å². The van der Waals surface area contributed by atoms with Crippen molar-refractivity contribution in [3.05, 3.63) is 65.7 Å². The minimum Gasteiger partial charge on any atom is -0.496 e. The van der Waals surface area contributed by atoms with E-state index in [1.54, 1.807) is 45.4 Å². The van der Waals surface area contributed by atoms with Crippen LogP contribution < -0.4 is 14.2 Å². The maximum atomic E-state index is 12.9. The first-order chi connectivity index (χ1) is 12.5. The summed E-state index contributed by atoms with van der Waals surface area (Å²) >= 11 is 0. The van der Waals surface area contributed by atoms with Crippen LogP contribution in [0.5, 0.6) is 17.2 Å².